The third-order valence-corrected chi connectivity index (χ3v) is 8.27. The number of fused-ring (bicyclic) bond motifs is 2. The molecule has 6 nitrogen and oxygen atoms in total. The molecule has 4 aromatic carbocycles. The molecule has 0 aliphatic carbocycles. The van der Waals surface area contributed by atoms with Crippen LogP contribution in [0.1, 0.15) is 33.3 Å². The molecule has 0 atom stereocenters. The van der Waals surface area contributed by atoms with Gasteiger partial charge in [0.05, 0.1) is 18.8 Å². The van der Waals surface area contributed by atoms with Gasteiger partial charge in [-0.15, -0.1) is 5.10 Å². The largest absolute Gasteiger partial charge is 0.382 e. The second-order valence-corrected chi connectivity index (χ2v) is 11.2. The van der Waals surface area contributed by atoms with Gasteiger partial charge in [-0.3, -0.25) is 4.57 Å². The Balaban J connectivity index is 1.76. The van der Waals surface area contributed by atoms with Crippen LogP contribution in [0, 0.1) is 0 Å². The minimum Gasteiger partial charge on any atom is -0.301 e. The number of aromatic nitrogens is 3. The zero-order valence-electron chi connectivity index (χ0n) is 21.0. The molecular formula is C29H30N3O3P. The average Bonchev–Trinajstić information content (AvgIpc) is 3.28. The van der Waals surface area contributed by atoms with E-state index in [-0.39, 0.29) is 12.2 Å². The van der Waals surface area contributed by atoms with E-state index in [0.717, 1.165) is 32.7 Å². The van der Waals surface area contributed by atoms with Gasteiger partial charge in [-0.25, -0.2) is 4.68 Å². The van der Waals surface area contributed by atoms with Crippen molar-refractivity contribution in [3.05, 3.63) is 90.5 Å². The van der Waals surface area contributed by atoms with Crippen molar-refractivity contribution in [2.45, 2.75) is 46.4 Å². The van der Waals surface area contributed by atoms with Gasteiger partial charge < -0.3 is 9.05 Å². The van der Waals surface area contributed by atoms with Gasteiger partial charge >= 0.3 is 7.60 Å². The molecule has 0 N–H and O–H groups in total. The summed E-state index contributed by atoms with van der Waals surface area (Å²) in [7, 11) is -3.80. The monoisotopic (exact) mass is 499 g/mol. The maximum Gasteiger partial charge on any atom is 0.382 e. The fourth-order valence-corrected chi connectivity index (χ4v) is 6.76. The summed E-state index contributed by atoms with van der Waals surface area (Å²) >= 11 is 0. The summed E-state index contributed by atoms with van der Waals surface area (Å²) in [5.41, 5.74) is 2.76. The van der Waals surface area contributed by atoms with E-state index in [4.69, 9.17) is 9.05 Å². The van der Waals surface area contributed by atoms with Crippen molar-refractivity contribution in [1.29, 1.82) is 0 Å². The lowest BCUT2D eigenvalue weighted by Gasteiger charge is -2.24. The molecule has 0 saturated heterocycles. The number of hydrogen-bond donors (Lipinski definition) is 0. The van der Waals surface area contributed by atoms with Crippen LogP contribution >= 0.6 is 7.60 Å². The van der Waals surface area contributed by atoms with E-state index in [1.165, 1.54) is 0 Å². The average molecular weight is 500 g/mol. The van der Waals surface area contributed by atoms with E-state index in [9.17, 15) is 4.57 Å². The Morgan fingerprint density at radius 2 is 1.31 bits per heavy atom. The second kappa shape index (κ2) is 9.98. The van der Waals surface area contributed by atoms with Crippen molar-refractivity contribution in [2.75, 3.05) is 0 Å². The van der Waals surface area contributed by atoms with Crippen LogP contribution in [0.15, 0.2) is 84.9 Å². The van der Waals surface area contributed by atoms with Crippen LogP contribution in [0.2, 0.25) is 0 Å². The lowest BCUT2D eigenvalue weighted by Crippen LogP contribution is -2.26. The Morgan fingerprint density at radius 1 is 0.778 bits per heavy atom. The van der Waals surface area contributed by atoms with Crippen molar-refractivity contribution in [3.8, 4) is 11.3 Å². The van der Waals surface area contributed by atoms with Gasteiger partial charge in [0.25, 0.3) is 0 Å². The Morgan fingerprint density at radius 3 is 1.86 bits per heavy atom. The first-order chi connectivity index (χ1) is 17.4. The molecule has 0 saturated carbocycles. The van der Waals surface area contributed by atoms with Crippen molar-refractivity contribution < 1.29 is 13.6 Å². The highest BCUT2D eigenvalue weighted by Crippen LogP contribution is 2.51. The van der Waals surface area contributed by atoms with E-state index in [2.05, 4.69) is 40.6 Å². The lowest BCUT2D eigenvalue weighted by molar-refractivity contribution is 0.149. The summed E-state index contributed by atoms with van der Waals surface area (Å²) in [4.78, 5) is 0. The molecule has 184 valence electrons. The molecule has 0 aliphatic rings. The molecule has 7 heteroatoms. The zero-order valence-corrected chi connectivity index (χ0v) is 21.9. The first kappa shape index (κ1) is 24.4. The highest BCUT2D eigenvalue weighted by molar-refractivity contribution is 7.62. The van der Waals surface area contributed by atoms with E-state index in [1.54, 1.807) is 4.68 Å². The van der Waals surface area contributed by atoms with Gasteiger partial charge in [0.2, 0.25) is 0 Å². The minimum atomic E-state index is -3.80. The normalized spacial score (nSPS) is 12.3. The van der Waals surface area contributed by atoms with Gasteiger partial charge in [-0.05, 0) is 60.9 Å². The molecule has 0 amide bonds. The predicted molar refractivity (Wildman–Crippen MR) is 146 cm³/mol. The van der Waals surface area contributed by atoms with Crippen LogP contribution in [0.4, 0.5) is 0 Å². The molecule has 0 radical (unpaired) electrons. The van der Waals surface area contributed by atoms with Crippen LogP contribution < -0.4 is 5.44 Å². The smallest absolute Gasteiger partial charge is 0.301 e. The van der Waals surface area contributed by atoms with Crippen molar-refractivity contribution in [2.24, 2.45) is 0 Å². The molecule has 0 unspecified atom stereocenters. The lowest BCUT2D eigenvalue weighted by atomic mass is 9.97. The fraction of sp³-hybridized carbons (Fsp3) is 0.241. The standard InChI is InChI=1S/C29H30N3O3P/c1-20(2)34-36(33,35-21(3)4)29-28(22-12-6-5-7-13-22)30-31-32(29)19-27-25-16-10-8-14-23(25)18-24-15-9-11-17-26(24)27/h5-18,20-21H,19H2,1-4H3. The molecular weight excluding hydrogens is 469 g/mol. The van der Waals surface area contributed by atoms with E-state index < -0.39 is 7.60 Å². The summed E-state index contributed by atoms with van der Waals surface area (Å²) in [5.74, 6) is 0. The molecule has 5 aromatic rings. The van der Waals surface area contributed by atoms with Crippen LogP contribution in [-0.4, -0.2) is 27.2 Å². The Bertz CT molecular complexity index is 1490. The molecule has 1 aromatic heterocycles. The topological polar surface area (TPSA) is 66.2 Å². The van der Waals surface area contributed by atoms with Crippen molar-refractivity contribution in [1.82, 2.24) is 15.0 Å². The second-order valence-electron chi connectivity index (χ2n) is 9.39. The van der Waals surface area contributed by atoms with Crippen LogP contribution in [0.25, 0.3) is 32.8 Å². The number of nitrogens with zero attached hydrogens (tertiary/aromatic N) is 3. The van der Waals surface area contributed by atoms with E-state index >= 15 is 0 Å². The van der Waals surface area contributed by atoms with Crippen LogP contribution in [-0.2, 0) is 20.2 Å². The molecule has 0 aliphatic heterocycles. The van der Waals surface area contributed by atoms with E-state index in [0.29, 0.717) is 17.7 Å². The number of hydrogen-bond acceptors (Lipinski definition) is 5. The van der Waals surface area contributed by atoms with Crippen molar-refractivity contribution in [3.63, 3.8) is 0 Å². The first-order valence-electron chi connectivity index (χ1n) is 12.2. The summed E-state index contributed by atoms with van der Waals surface area (Å²) in [6.45, 7) is 7.77. The highest BCUT2D eigenvalue weighted by Gasteiger charge is 2.39. The van der Waals surface area contributed by atoms with Crippen molar-refractivity contribution >= 4 is 34.6 Å². The van der Waals surface area contributed by atoms with Gasteiger partial charge in [0.15, 0.2) is 5.44 Å². The van der Waals surface area contributed by atoms with Gasteiger partial charge in [-0.2, -0.15) is 0 Å². The third kappa shape index (κ3) is 4.72. The highest BCUT2D eigenvalue weighted by atomic mass is 31.2. The quantitative estimate of drug-likeness (QED) is 0.170. The SMILES string of the molecule is CC(C)OP(=O)(OC(C)C)c1c(-c2ccccc2)nnn1Cc1c2ccccc2cc2ccccc12. The number of rotatable bonds is 8. The van der Waals surface area contributed by atoms with E-state index in [1.807, 2.05) is 82.3 Å². The Labute approximate surface area is 211 Å². The third-order valence-electron chi connectivity index (χ3n) is 5.91. The molecule has 36 heavy (non-hydrogen) atoms. The van der Waals surface area contributed by atoms with Gasteiger partial charge in [-0.1, -0.05) is 84.1 Å². The predicted octanol–water partition coefficient (Wildman–Crippen LogP) is 6.97. The van der Waals surface area contributed by atoms with Crippen LogP contribution in [0.3, 0.4) is 0 Å². The molecule has 0 bridgehead atoms. The fourth-order valence-electron chi connectivity index (χ4n) is 4.58. The Kier molecular flexibility index (Phi) is 6.76. The molecule has 5 rings (SSSR count). The first-order valence-corrected chi connectivity index (χ1v) is 13.8. The molecule has 0 spiro atoms. The summed E-state index contributed by atoms with van der Waals surface area (Å²) in [6.07, 6.45) is -0.639. The van der Waals surface area contributed by atoms with Crippen LogP contribution in [0.5, 0.6) is 0 Å². The minimum absolute atomic E-state index is 0.319. The van der Waals surface area contributed by atoms with Gasteiger partial charge in [0.1, 0.15) is 5.69 Å². The summed E-state index contributed by atoms with van der Waals surface area (Å²) < 4.78 is 28.3. The zero-order chi connectivity index (χ0) is 25.3. The maximum absolute atomic E-state index is 14.5. The molecule has 0 fully saturated rings. The van der Waals surface area contributed by atoms with Gasteiger partial charge in [0, 0.05) is 5.56 Å². The summed E-state index contributed by atoms with van der Waals surface area (Å²) in [6, 6.07) is 28.4. The Hall–Kier alpha value is -3.31. The maximum atomic E-state index is 14.5. The molecule has 1 heterocycles. The number of benzene rings is 4. The summed E-state index contributed by atoms with van der Waals surface area (Å²) in [5, 5.41) is 13.5.